The molecule has 5 heteroatoms. The predicted octanol–water partition coefficient (Wildman–Crippen LogP) is 3.81. The number of halogens is 1. The predicted molar refractivity (Wildman–Crippen MR) is 81.6 cm³/mol. The van der Waals surface area contributed by atoms with Gasteiger partial charge in [-0.3, -0.25) is 4.98 Å². The maximum Gasteiger partial charge on any atom is 0.341 e. The Hall–Kier alpha value is -1.81. The van der Waals surface area contributed by atoms with Gasteiger partial charge in [0.15, 0.2) is 0 Å². The second-order valence-corrected chi connectivity index (χ2v) is 4.85. The number of hydrogen-bond acceptors (Lipinski definition) is 4. The van der Waals surface area contributed by atoms with Crippen LogP contribution in [0.2, 0.25) is 5.02 Å². The Kier molecular flexibility index (Phi) is 4.45. The zero-order valence-corrected chi connectivity index (χ0v) is 12.5. The molecule has 0 unspecified atom stereocenters. The van der Waals surface area contributed by atoms with Crippen LogP contribution >= 0.6 is 11.6 Å². The molecule has 0 saturated carbocycles. The Morgan fingerprint density at radius 1 is 1.40 bits per heavy atom. The van der Waals surface area contributed by atoms with Crippen LogP contribution in [0.5, 0.6) is 0 Å². The third kappa shape index (κ3) is 2.70. The highest BCUT2D eigenvalue weighted by Crippen LogP contribution is 2.31. The van der Waals surface area contributed by atoms with E-state index in [0.717, 1.165) is 16.6 Å². The van der Waals surface area contributed by atoms with Gasteiger partial charge in [0.05, 0.1) is 22.8 Å². The van der Waals surface area contributed by atoms with Crippen molar-refractivity contribution in [2.45, 2.75) is 20.8 Å². The molecule has 0 amide bonds. The molecule has 1 aromatic carbocycles. The molecule has 1 N–H and O–H groups in total. The molecule has 106 valence electrons. The number of hydrogen-bond donors (Lipinski definition) is 1. The van der Waals surface area contributed by atoms with Crippen LogP contribution in [0, 0.1) is 6.92 Å². The van der Waals surface area contributed by atoms with E-state index in [-0.39, 0.29) is 5.97 Å². The van der Waals surface area contributed by atoms with E-state index in [0.29, 0.717) is 29.3 Å². The summed E-state index contributed by atoms with van der Waals surface area (Å²) in [5, 5.41) is 4.63. The number of benzene rings is 1. The Morgan fingerprint density at radius 2 is 2.15 bits per heavy atom. The van der Waals surface area contributed by atoms with Crippen molar-refractivity contribution in [2.24, 2.45) is 0 Å². The minimum absolute atomic E-state index is 0.330. The molecule has 20 heavy (non-hydrogen) atoms. The van der Waals surface area contributed by atoms with Gasteiger partial charge < -0.3 is 10.1 Å². The second-order valence-electron chi connectivity index (χ2n) is 4.44. The van der Waals surface area contributed by atoms with Crippen LogP contribution in [0.1, 0.15) is 29.8 Å². The van der Waals surface area contributed by atoms with E-state index >= 15 is 0 Å². The lowest BCUT2D eigenvalue weighted by atomic mass is 10.1. The number of nitrogens with zero attached hydrogens (tertiary/aromatic N) is 1. The van der Waals surface area contributed by atoms with Gasteiger partial charge in [-0.15, -0.1) is 0 Å². The van der Waals surface area contributed by atoms with Crippen molar-refractivity contribution < 1.29 is 9.53 Å². The van der Waals surface area contributed by atoms with Gasteiger partial charge in [-0.05, 0) is 38.5 Å². The summed E-state index contributed by atoms with van der Waals surface area (Å²) in [4.78, 5) is 16.3. The van der Waals surface area contributed by atoms with E-state index in [4.69, 9.17) is 16.3 Å². The first kappa shape index (κ1) is 14.6. The van der Waals surface area contributed by atoms with Crippen molar-refractivity contribution >= 4 is 34.2 Å². The molecule has 4 nitrogen and oxygen atoms in total. The molecular weight excluding hydrogens is 276 g/mol. The number of esters is 1. The minimum Gasteiger partial charge on any atom is -0.462 e. The average Bonchev–Trinajstić information content (AvgIpc) is 2.39. The maximum absolute atomic E-state index is 12.0. The first-order chi connectivity index (χ1) is 9.58. The van der Waals surface area contributed by atoms with Gasteiger partial charge in [-0.2, -0.15) is 0 Å². The number of carbonyl (C=O) groups excluding carboxylic acids is 1. The van der Waals surface area contributed by atoms with E-state index in [1.54, 1.807) is 6.92 Å². The van der Waals surface area contributed by atoms with Gasteiger partial charge in [-0.25, -0.2) is 4.79 Å². The van der Waals surface area contributed by atoms with Crippen LogP contribution in [-0.4, -0.2) is 24.1 Å². The lowest BCUT2D eigenvalue weighted by Crippen LogP contribution is -2.11. The molecule has 2 aromatic rings. The van der Waals surface area contributed by atoms with Gasteiger partial charge >= 0.3 is 5.97 Å². The highest BCUT2D eigenvalue weighted by molar-refractivity contribution is 6.35. The SMILES string of the molecule is CCNc1c(C(=O)OCC)cnc2c(Cl)cc(C)cc12. The second kappa shape index (κ2) is 6.09. The molecule has 0 aliphatic rings. The molecule has 0 aliphatic carbocycles. The fourth-order valence-corrected chi connectivity index (χ4v) is 2.45. The number of aryl methyl sites for hydroxylation is 1. The van der Waals surface area contributed by atoms with E-state index in [9.17, 15) is 4.79 Å². The quantitative estimate of drug-likeness (QED) is 0.871. The van der Waals surface area contributed by atoms with Crippen molar-refractivity contribution in [1.82, 2.24) is 4.98 Å². The summed E-state index contributed by atoms with van der Waals surface area (Å²) in [7, 11) is 0. The van der Waals surface area contributed by atoms with Gasteiger partial charge in [-0.1, -0.05) is 11.6 Å². The molecule has 0 bridgehead atoms. The third-order valence-corrected chi connectivity index (χ3v) is 3.21. The topological polar surface area (TPSA) is 51.2 Å². The van der Waals surface area contributed by atoms with Crippen molar-refractivity contribution in [3.8, 4) is 0 Å². The highest BCUT2D eigenvalue weighted by atomic mass is 35.5. The number of aromatic nitrogens is 1. The zero-order valence-electron chi connectivity index (χ0n) is 11.8. The van der Waals surface area contributed by atoms with Crippen LogP contribution in [0.4, 0.5) is 5.69 Å². The van der Waals surface area contributed by atoms with Crippen molar-refractivity contribution in [3.05, 3.63) is 34.5 Å². The van der Waals surface area contributed by atoms with Crippen molar-refractivity contribution in [1.29, 1.82) is 0 Å². The largest absolute Gasteiger partial charge is 0.462 e. The molecule has 0 radical (unpaired) electrons. The standard InChI is InChI=1S/C15H17ClN2O2/c1-4-17-13-10-6-9(3)7-12(16)14(10)18-8-11(13)15(19)20-5-2/h6-8H,4-5H2,1-3H3,(H,17,18). The van der Waals surface area contributed by atoms with E-state index < -0.39 is 0 Å². The van der Waals surface area contributed by atoms with E-state index in [1.807, 2.05) is 26.0 Å². The van der Waals surface area contributed by atoms with Crippen LogP contribution in [-0.2, 0) is 4.74 Å². The number of anilines is 1. The van der Waals surface area contributed by atoms with Gasteiger partial charge in [0.25, 0.3) is 0 Å². The summed E-state index contributed by atoms with van der Waals surface area (Å²) in [5.41, 5.74) is 2.86. The smallest absolute Gasteiger partial charge is 0.341 e. The first-order valence-corrected chi connectivity index (χ1v) is 6.96. The summed E-state index contributed by atoms with van der Waals surface area (Å²) in [6.07, 6.45) is 1.51. The molecule has 0 atom stereocenters. The molecule has 0 fully saturated rings. The Balaban J connectivity index is 2.71. The number of fused-ring (bicyclic) bond motifs is 1. The van der Waals surface area contributed by atoms with Crippen LogP contribution in [0.3, 0.4) is 0 Å². The number of carbonyl (C=O) groups is 1. The number of ether oxygens (including phenoxy) is 1. The van der Waals surface area contributed by atoms with Crippen LogP contribution in [0.25, 0.3) is 10.9 Å². The first-order valence-electron chi connectivity index (χ1n) is 6.58. The Labute approximate surface area is 123 Å². The summed E-state index contributed by atoms with van der Waals surface area (Å²) in [5.74, 6) is -0.379. The summed E-state index contributed by atoms with van der Waals surface area (Å²) < 4.78 is 5.07. The van der Waals surface area contributed by atoms with Crippen molar-refractivity contribution in [2.75, 3.05) is 18.5 Å². The average molecular weight is 293 g/mol. The zero-order chi connectivity index (χ0) is 14.7. The van der Waals surface area contributed by atoms with Gasteiger partial charge in [0.2, 0.25) is 0 Å². The Morgan fingerprint density at radius 3 is 2.80 bits per heavy atom. The maximum atomic E-state index is 12.0. The van der Waals surface area contributed by atoms with Crippen LogP contribution < -0.4 is 5.32 Å². The molecule has 2 rings (SSSR count). The lowest BCUT2D eigenvalue weighted by molar-refractivity contribution is 0.0527. The lowest BCUT2D eigenvalue weighted by Gasteiger charge is -2.14. The minimum atomic E-state index is -0.379. The molecule has 1 heterocycles. The molecule has 1 aromatic heterocycles. The van der Waals surface area contributed by atoms with Gasteiger partial charge in [0, 0.05) is 18.1 Å². The highest BCUT2D eigenvalue weighted by Gasteiger charge is 2.17. The number of nitrogens with one attached hydrogen (secondary N) is 1. The van der Waals surface area contributed by atoms with E-state index in [2.05, 4.69) is 10.3 Å². The number of rotatable bonds is 4. The fourth-order valence-electron chi connectivity index (χ4n) is 2.13. The monoisotopic (exact) mass is 292 g/mol. The fraction of sp³-hybridized carbons (Fsp3) is 0.333. The summed E-state index contributed by atoms with van der Waals surface area (Å²) >= 11 is 6.22. The Bertz CT molecular complexity index is 656. The third-order valence-electron chi connectivity index (χ3n) is 2.92. The molecular formula is C15H17ClN2O2. The molecule has 0 spiro atoms. The van der Waals surface area contributed by atoms with Gasteiger partial charge in [0.1, 0.15) is 5.56 Å². The van der Waals surface area contributed by atoms with Crippen molar-refractivity contribution in [3.63, 3.8) is 0 Å². The molecule has 0 aliphatic heterocycles. The van der Waals surface area contributed by atoms with E-state index in [1.165, 1.54) is 6.20 Å². The van der Waals surface area contributed by atoms with Crippen LogP contribution in [0.15, 0.2) is 18.3 Å². The normalized spacial score (nSPS) is 10.6. The summed E-state index contributed by atoms with van der Waals surface area (Å²) in [6.45, 7) is 6.73. The molecule has 0 saturated heterocycles. The summed E-state index contributed by atoms with van der Waals surface area (Å²) in [6, 6.07) is 3.82. The number of pyridine rings is 1.